The normalized spacial score (nSPS) is 10.2. The number of nitro groups is 1. The largest absolute Gasteiger partial charge is 0.307 e. The zero-order valence-corrected chi connectivity index (χ0v) is 12.3. The Morgan fingerprint density at radius 2 is 2.05 bits per heavy atom. The highest BCUT2D eigenvalue weighted by atomic mass is 35.5. The van der Waals surface area contributed by atoms with Crippen LogP contribution >= 0.6 is 23.2 Å². The van der Waals surface area contributed by atoms with E-state index in [1.807, 2.05) is 0 Å². The molecule has 0 spiro atoms. The van der Waals surface area contributed by atoms with Crippen LogP contribution in [-0.4, -0.2) is 15.8 Å². The van der Waals surface area contributed by atoms with Gasteiger partial charge in [0.1, 0.15) is 5.82 Å². The number of nitrogens with zero attached hydrogens (tertiary/aromatic N) is 2. The number of rotatable bonds is 3. The Balaban J connectivity index is 2.37. The average Bonchev–Trinajstić information content (AvgIpc) is 2.41. The Kier molecular flexibility index (Phi) is 4.40. The van der Waals surface area contributed by atoms with E-state index in [9.17, 15) is 14.9 Å². The van der Waals surface area contributed by atoms with E-state index < -0.39 is 10.8 Å². The first-order chi connectivity index (χ1) is 9.88. The number of hydrogen-bond acceptors (Lipinski definition) is 4. The van der Waals surface area contributed by atoms with E-state index in [0.29, 0.717) is 5.82 Å². The number of nitro benzene ring substituents is 1. The number of amides is 1. The highest BCUT2D eigenvalue weighted by Crippen LogP contribution is 2.31. The molecule has 0 atom stereocenters. The molecule has 0 saturated carbocycles. The predicted molar refractivity (Wildman–Crippen MR) is 80.0 cm³/mol. The fraction of sp³-hybridized carbons (Fsp3) is 0.0769. The van der Waals surface area contributed by atoms with Crippen LogP contribution in [0, 0.1) is 17.0 Å². The number of aromatic nitrogens is 1. The lowest BCUT2D eigenvalue weighted by Gasteiger charge is -2.07. The standard InChI is InChI=1S/C13H9Cl2N3O3/c1-7-3-2-4-11(16-7)17-13(19)9-5-8(18(20)21)6-10(14)12(9)15/h2-6H,1H3,(H,16,17,19). The van der Waals surface area contributed by atoms with Crippen LogP contribution in [0.15, 0.2) is 30.3 Å². The third-order valence-corrected chi connectivity index (χ3v) is 3.40. The van der Waals surface area contributed by atoms with Crippen molar-refractivity contribution in [2.24, 2.45) is 0 Å². The van der Waals surface area contributed by atoms with Gasteiger partial charge in [0.05, 0.1) is 20.5 Å². The molecule has 2 rings (SSSR count). The van der Waals surface area contributed by atoms with Crippen molar-refractivity contribution in [1.82, 2.24) is 4.98 Å². The van der Waals surface area contributed by atoms with Crippen molar-refractivity contribution in [3.8, 4) is 0 Å². The minimum atomic E-state index is -0.649. The van der Waals surface area contributed by atoms with Crippen LogP contribution in [0.25, 0.3) is 0 Å². The van der Waals surface area contributed by atoms with E-state index >= 15 is 0 Å². The summed E-state index contributed by atoms with van der Waals surface area (Å²) in [6, 6.07) is 7.25. The topological polar surface area (TPSA) is 85.1 Å². The Hall–Kier alpha value is -2.18. The quantitative estimate of drug-likeness (QED) is 0.685. The fourth-order valence-electron chi connectivity index (χ4n) is 1.64. The first-order valence-electron chi connectivity index (χ1n) is 5.77. The number of aryl methyl sites for hydroxylation is 1. The number of non-ortho nitro benzene ring substituents is 1. The van der Waals surface area contributed by atoms with Crippen LogP contribution in [0.2, 0.25) is 10.0 Å². The summed E-state index contributed by atoms with van der Waals surface area (Å²) in [5.74, 6) is -0.303. The summed E-state index contributed by atoms with van der Waals surface area (Å²) in [5, 5.41) is 13.2. The van der Waals surface area contributed by atoms with Gasteiger partial charge in [-0.25, -0.2) is 4.98 Å². The Labute approximate surface area is 129 Å². The number of anilines is 1. The van der Waals surface area contributed by atoms with E-state index in [2.05, 4.69) is 10.3 Å². The molecule has 1 heterocycles. The average molecular weight is 326 g/mol. The SMILES string of the molecule is Cc1cccc(NC(=O)c2cc([N+](=O)[O-])cc(Cl)c2Cl)n1. The maximum absolute atomic E-state index is 12.2. The van der Waals surface area contributed by atoms with Gasteiger partial charge in [0.15, 0.2) is 0 Å². The van der Waals surface area contributed by atoms with Gasteiger partial charge in [0.25, 0.3) is 11.6 Å². The van der Waals surface area contributed by atoms with Gasteiger partial charge >= 0.3 is 0 Å². The summed E-state index contributed by atoms with van der Waals surface area (Å²) in [6.45, 7) is 1.77. The third kappa shape index (κ3) is 3.48. The molecule has 0 bridgehead atoms. The molecule has 1 N–H and O–H groups in total. The number of carbonyl (C=O) groups is 1. The van der Waals surface area contributed by atoms with Crippen molar-refractivity contribution < 1.29 is 9.72 Å². The molecule has 1 aromatic carbocycles. The second-order valence-electron chi connectivity index (χ2n) is 4.16. The van der Waals surface area contributed by atoms with Gasteiger partial charge < -0.3 is 5.32 Å². The molecule has 0 fully saturated rings. The summed E-state index contributed by atoms with van der Waals surface area (Å²) in [4.78, 5) is 26.4. The molecular formula is C13H9Cl2N3O3. The number of carbonyl (C=O) groups excluding carboxylic acids is 1. The molecule has 1 aromatic heterocycles. The second kappa shape index (κ2) is 6.07. The molecule has 0 aliphatic heterocycles. The lowest BCUT2D eigenvalue weighted by Crippen LogP contribution is -2.14. The molecule has 0 aliphatic carbocycles. The summed E-state index contributed by atoms with van der Waals surface area (Å²) in [5.41, 5.74) is 0.321. The van der Waals surface area contributed by atoms with Gasteiger partial charge in [-0.2, -0.15) is 0 Å². The Morgan fingerprint density at radius 3 is 2.67 bits per heavy atom. The zero-order valence-electron chi connectivity index (χ0n) is 10.8. The van der Waals surface area contributed by atoms with Crippen LogP contribution in [0.3, 0.4) is 0 Å². The first kappa shape index (κ1) is 15.2. The van der Waals surface area contributed by atoms with Crippen molar-refractivity contribution in [2.45, 2.75) is 6.92 Å². The molecule has 0 aliphatic rings. The van der Waals surface area contributed by atoms with Gasteiger partial charge in [0.2, 0.25) is 0 Å². The van der Waals surface area contributed by atoms with E-state index in [-0.39, 0.29) is 21.3 Å². The van der Waals surface area contributed by atoms with Crippen molar-refractivity contribution in [3.05, 3.63) is 61.7 Å². The maximum atomic E-state index is 12.2. The van der Waals surface area contributed by atoms with Gasteiger partial charge in [-0.3, -0.25) is 14.9 Å². The summed E-state index contributed by atoms with van der Waals surface area (Å²) in [7, 11) is 0. The molecule has 0 saturated heterocycles. The van der Waals surface area contributed by atoms with Gasteiger partial charge in [-0.15, -0.1) is 0 Å². The van der Waals surface area contributed by atoms with Crippen LogP contribution < -0.4 is 5.32 Å². The number of halogens is 2. The van der Waals surface area contributed by atoms with Crippen molar-refractivity contribution in [2.75, 3.05) is 5.32 Å². The molecule has 21 heavy (non-hydrogen) atoms. The van der Waals surface area contributed by atoms with Crippen molar-refractivity contribution in [1.29, 1.82) is 0 Å². The highest BCUT2D eigenvalue weighted by molar-refractivity contribution is 6.44. The lowest BCUT2D eigenvalue weighted by atomic mass is 10.2. The van der Waals surface area contributed by atoms with Crippen molar-refractivity contribution in [3.63, 3.8) is 0 Å². The Morgan fingerprint density at radius 1 is 1.33 bits per heavy atom. The lowest BCUT2D eigenvalue weighted by molar-refractivity contribution is -0.384. The van der Waals surface area contributed by atoms with E-state index in [1.54, 1.807) is 25.1 Å². The molecular weight excluding hydrogens is 317 g/mol. The molecule has 8 heteroatoms. The smallest absolute Gasteiger partial charge is 0.271 e. The summed E-state index contributed by atoms with van der Waals surface area (Å²) in [6.07, 6.45) is 0. The van der Waals surface area contributed by atoms with Crippen LogP contribution in [-0.2, 0) is 0 Å². The number of hydrogen-bond donors (Lipinski definition) is 1. The fourth-order valence-corrected chi connectivity index (χ4v) is 2.05. The van der Waals surface area contributed by atoms with Crippen molar-refractivity contribution >= 4 is 40.6 Å². The number of nitrogens with one attached hydrogen (secondary N) is 1. The predicted octanol–water partition coefficient (Wildman–Crippen LogP) is 3.86. The van der Waals surface area contributed by atoms with Gasteiger partial charge in [-0.1, -0.05) is 29.3 Å². The maximum Gasteiger partial charge on any atom is 0.271 e. The molecule has 6 nitrogen and oxygen atoms in total. The number of benzene rings is 1. The molecule has 0 radical (unpaired) electrons. The van der Waals surface area contributed by atoms with Crippen LogP contribution in [0.1, 0.15) is 16.1 Å². The third-order valence-electron chi connectivity index (χ3n) is 2.60. The minimum absolute atomic E-state index is 0.0487. The van der Waals surface area contributed by atoms with E-state index in [0.717, 1.165) is 17.8 Å². The second-order valence-corrected chi connectivity index (χ2v) is 4.95. The van der Waals surface area contributed by atoms with Crippen LogP contribution in [0.5, 0.6) is 0 Å². The highest BCUT2D eigenvalue weighted by Gasteiger charge is 2.19. The summed E-state index contributed by atoms with van der Waals surface area (Å²) < 4.78 is 0. The van der Waals surface area contributed by atoms with E-state index in [1.165, 1.54) is 0 Å². The minimum Gasteiger partial charge on any atom is -0.307 e. The zero-order chi connectivity index (χ0) is 15.6. The molecule has 2 aromatic rings. The monoisotopic (exact) mass is 325 g/mol. The molecule has 0 unspecified atom stereocenters. The van der Waals surface area contributed by atoms with Gasteiger partial charge in [-0.05, 0) is 19.1 Å². The Bertz CT molecular complexity index is 735. The van der Waals surface area contributed by atoms with E-state index in [4.69, 9.17) is 23.2 Å². The van der Waals surface area contributed by atoms with Crippen LogP contribution in [0.4, 0.5) is 11.5 Å². The van der Waals surface area contributed by atoms with Gasteiger partial charge in [0, 0.05) is 17.8 Å². The number of pyridine rings is 1. The first-order valence-corrected chi connectivity index (χ1v) is 6.52. The molecule has 108 valence electrons. The molecule has 1 amide bonds. The summed E-state index contributed by atoms with van der Waals surface area (Å²) >= 11 is 11.7.